The summed E-state index contributed by atoms with van der Waals surface area (Å²) in [5.74, 6) is 1.28. The Bertz CT molecular complexity index is 667. The SMILES string of the molecule is CN(C(=O)c1ccc(N2CCCC(C(N)=O)C2)cc1)C(C1CC1)C1CC1. The fraction of sp³-hybridized carbons (Fsp3) is 0.619. The number of primary amides is 1. The van der Waals surface area contributed by atoms with Crippen LogP contribution in [0.15, 0.2) is 24.3 Å². The van der Waals surface area contributed by atoms with E-state index in [1.807, 2.05) is 36.2 Å². The molecule has 3 fully saturated rings. The minimum absolute atomic E-state index is 0.0750. The highest BCUT2D eigenvalue weighted by Gasteiger charge is 2.45. The number of hydrogen-bond donors (Lipinski definition) is 1. The summed E-state index contributed by atoms with van der Waals surface area (Å²) in [4.78, 5) is 28.6. The molecule has 2 amide bonds. The second-order valence-electron chi connectivity index (χ2n) is 8.32. The van der Waals surface area contributed by atoms with Gasteiger partial charge in [-0.2, -0.15) is 0 Å². The maximum absolute atomic E-state index is 12.9. The first-order valence-corrected chi connectivity index (χ1v) is 9.96. The summed E-state index contributed by atoms with van der Waals surface area (Å²) in [6.07, 6.45) is 6.93. The maximum Gasteiger partial charge on any atom is 0.253 e. The molecule has 140 valence electrons. The van der Waals surface area contributed by atoms with Gasteiger partial charge in [-0.1, -0.05) is 0 Å². The van der Waals surface area contributed by atoms with Gasteiger partial charge in [-0.3, -0.25) is 9.59 Å². The van der Waals surface area contributed by atoms with E-state index in [4.69, 9.17) is 5.73 Å². The van der Waals surface area contributed by atoms with Gasteiger partial charge in [-0.25, -0.2) is 0 Å². The average molecular weight is 355 g/mol. The molecule has 1 saturated heterocycles. The van der Waals surface area contributed by atoms with Gasteiger partial charge in [-0.05, 0) is 74.6 Å². The van der Waals surface area contributed by atoms with E-state index in [1.165, 1.54) is 25.7 Å². The number of amides is 2. The van der Waals surface area contributed by atoms with Crippen molar-refractivity contribution in [2.24, 2.45) is 23.5 Å². The number of carbonyl (C=O) groups is 2. The zero-order chi connectivity index (χ0) is 18.3. The van der Waals surface area contributed by atoms with E-state index in [2.05, 4.69) is 4.90 Å². The molecule has 2 N–H and O–H groups in total. The lowest BCUT2D eigenvalue weighted by Gasteiger charge is -2.33. The zero-order valence-electron chi connectivity index (χ0n) is 15.6. The van der Waals surface area contributed by atoms with Crippen molar-refractivity contribution >= 4 is 17.5 Å². The second-order valence-corrected chi connectivity index (χ2v) is 8.32. The number of hydrogen-bond acceptors (Lipinski definition) is 3. The van der Waals surface area contributed by atoms with Crippen LogP contribution in [0.2, 0.25) is 0 Å². The van der Waals surface area contributed by atoms with Crippen LogP contribution in [-0.2, 0) is 4.79 Å². The third-order valence-corrected chi connectivity index (χ3v) is 6.28. The van der Waals surface area contributed by atoms with Crippen molar-refractivity contribution in [2.45, 2.75) is 44.6 Å². The Kier molecular flexibility index (Phi) is 4.63. The fourth-order valence-corrected chi connectivity index (χ4v) is 4.49. The number of anilines is 1. The van der Waals surface area contributed by atoms with Crippen molar-refractivity contribution in [3.63, 3.8) is 0 Å². The van der Waals surface area contributed by atoms with Crippen LogP contribution in [0.5, 0.6) is 0 Å². The Morgan fingerprint density at radius 3 is 2.23 bits per heavy atom. The predicted molar refractivity (Wildman–Crippen MR) is 102 cm³/mol. The second kappa shape index (κ2) is 6.93. The van der Waals surface area contributed by atoms with Gasteiger partial charge in [0.2, 0.25) is 5.91 Å². The van der Waals surface area contributed by atoms with Crippen molar-refractivity contribution in [1.82, 2.24) is 4.90 Å². The highest BCUT2D eigenvalue weighted by atomic mass is 16.2. The first kappa shape index (κ1) is 17.4. The molecular formula is C21H29N3O2. The Balaban J connectivity index is 1.43. The van der Waals surface area contributed by atoms with Crippen molar-refractivity contribution in [2.75, 3.05) is 25.0 Å². The number of nitrogens with two attached hydrogens (primary N) is 1. The van der Waals surface area contributed by atoms with Crippen LogP contribution in [0.4, 0.5) is 5.69 Å². The Hall–Kier alpha value is -2.04. The van der Waals surface area contributed by atoms with E-state index < -0.39 is 0 Å². The van der Waals surface area contributed by atoms with Crippen LogP contribution in [0, 0.1) is 17.8 Å². The molecule has 5 heteroatoms. The van der Waals surface area contributed by atoms with Gasteiger partial charge in [0.25, 0.3) is 5.91 Å². The van der Waals surface area contributed by atoms with Gasteiger partial charge < -0.3 is 15.5 Å². The number of benzene rings is 1. The van der Waals surface area contributed by atoms with E-state index in [1.54, 1.807) is 0 Å². The number of nitrogens with zero attached hydrogens (tertiary/aromatic N) is 2. The number of piperidine rings is 1. The summed E-state index contributed by atoms with van der Waals surface area (Å²) >= 11 is 0. The standard InChI is InChI=1S/C21H29N3O2/c1-23(19(14-4-5-14)15-6-7-15)21(26)16-8-10-18(11-9-16)24-12-2-3-17(13-24)20(22)25/h8-11,14-15,17,19H,2-7,12-13H2,1H3,(H2,22,25). The minimum Gasteiger partial charge on any atom is -0.371 e. The Labute approximate surface area is 155 Å². The van der Waals surface area contributed by atoms with Gasteiger partial charge in [0.1, 0.15) is 0 Å². The first-order chi connectivity index (χ1) is 12.5. The molecule has 2 aliphatic carbocycles. The monoisotopic (exact) mass is 355 g/mol. The summed E-state index contributed by atoms with van der Waals surface area (Å²) in [5.41, 5.74) is 7.30. The predicted octanol–water partition coefficient (Wildman–Crippen LogP) is 2.65. The molecule has 1 heterocycles. The normalized spacial score (nSPS) is 23.2. The van der Waals surface area contributed by atoms with Gasteiger partial charge in [-0.15, -0.1) is 0 Å². The highest BCUT2D eigenvalue weighted by Crippen LogP contribution is 2.47. The molecule has 1 atom stereocenters. The molecule has 26 heavy (non-hydrogen) atoms. The molecule has 1 aromatic rings. The van der Waals surface area contributed by atoms with E-state index in [9.17, 15) is 9.59 Å². The lowest BCUT2D eigenvalue weighted by Crippen LogP contribution is -2.41. The molecule has 1 aromatic carbocycles. The van der Waals surface area contributed by atoms with Crippen LogP contribution < -0.4 is 10.6 Å². The molecule has 1 unspecified atom stereocenters. The third-order valence-electron chi connectivity index (χ3n) is 6.28. The maximum atomic E-state index is 12.9. The number of carbonyl (C=O) groups excluding carboxylic acids is 2. The van der Waals surface area contributed by atoms with Gasteiger partial charge in [0, 0.05) is 37.4 Å². The molecule has 0 aromatic heterocycles. The molecule has 3 aliphatic rings. The van der Waals surface area contributed by atoms with Crippen LogP contribution in [0.3, 0.4) is 0 Å². The summed E-state index contributed by atoms with van der Waals surface area (Å²) in [6, 6.07) is 8.31. The molecule has 0 spiro atoms. The van der Waals surface area contributed by atoms with Crippen molar-refractivity contribution in [3.8, 4) is 0 Å². The van der Waals surface area contributed by atoms with Crippen molar-refractivity contribution in [1.29, 1.82) is 0 Å². The average Bonchev–Trinajstić information content (AvgIpc) is 3.56. The summed E-state index contributed by atoms with van der Waals surface area (Å²) in [6.45, 7) is 1.61. The number of rotatable bonds is 6. The summed E-state index contributed by atoms with van der Waals surface area (Å²) in [7, 11) is 1.97. The van der Waals surface area contributed by atoms with Crippen LogP contribution in [-0.4, -0.2) is 42.9 Å². The van der Waals surface area contributed by atoms with Gasteiger partial charge >= 0.3 is 0 Å². The van der Waals surface area contributed by atoms with Gasteiger partial charge in [0.15, 0.2) is 0 Å². The summed E-state index contributed by atoms with van der Waals surface area (Å²) in [5, 5.41) is 0. The van der Waals surface area contributed by atoms with Crippen molar-refractivity contribution < 1.29 is 9.59 Å². The first-order valence-electron chi connectivity index (χ1n) is 9.96. The lowest BCUT2D eigenvalue weighted by molar-refractivity contribution is -0.122. The molecule has 1 aliphatic heterocycles. The quantitative estimate of drug-likeness (QED) is 0.853. The van der Waals surface area contributed by atoms with Gasteiger partial charge in [0.05, 0.1) is 5.92 Å². The molecule has 2 saturated carbocycles. The van der Waals surface area contributed by atoms with E-state index in [-0.39, 0.29) is 17.7 Å². The Morgan fingerprint density at radius 2 is 1.69 bits per heavy atom. The molecule has 0 bridgehead atoms. The highest BCUT2D eigenvalue weighted by molar-refractivity contribution is 5.94. The Morgan fingerprint density at radius 1 is 1.08 bits per heavy atom. The topological polar surface area (TPSA) is 66.6 Å². The summed E-state index contributed by atoms with van der Waals surface area (Å²) < 4.78 is 0. The van der Waals surface area contributed by atoms with Crippen LogP contribution >= 0.6 is 0 Å². The van der Waals surface area contributed by atoms with E-state index >= 15 is 0 Å². The minimum atomic E-state index is -0.214. The largest absolute Gasteiger partial charge is 0.371 e. The molecule has 5 nitrogen and oxygen atoms in total. The van der Waals surface area contributed by atoms with Crippen molar-refractivity contribution in [3.05, 3.63) is 29.8 Å². The molecular weight excluding hydrogens is 326 g/mol. The zero-order valence-corrected chi connectivity index (χ0v) is 15.6. The van der Waals surface area contributed by atoms with Crippen LogP contribution in [0.1, 0.15) is 48.9 Å². The smallest absolute Gasteiger partial charge is 0.253 e. The van der Waals surface area contributed by atoms with E-state index in [0.717, 1.165) is 42.5 Å². The third kappa shape index (κ3) is 3.57. The molecule has 4 rings (SSSR count). The lowest BCUT2D eigenvalue weighted by atomic mass is 9.97. The fourth-order valence-electron chi connectivity index (χ4n) is 4.49. The molecule has 0 radical (unpaired) electrons. The van der Waals surface area contributed by atoms with E-state index in [0.29, 0.717) is 12.6 Å². The van der Waals surface area contributed by atoms with Crippen LogP contribution in [0.25, 0.3) is 0 Å².